The Kier molecular flexibility index (Phi) is 6.51. The van der Waals surface area contributed by atoms with Crippen molar-refractivity contribution in [1.82, 2.24) is 25.3 Å². The van der Waals surface area contributed by atoms with Gasteiger partial charge in [-0.25, -0.2) is 15.0 Å². The molecule has 2 aliphatic heterocycles. The lowest BCUT2D eigenvalue weighted by molar-refractivity contribution is 0.122. The summed E-state index contributed by atoms with van der Waals surface area (Å²) in [5.41, 5.74) is 2.82. The van der Waals surface area contributed by atoms with E-state index in [0.29, 0.717) is 13.2 Å². The number of piperazine rings is 1. The number of nitrogens with zero attached hydrogens (tertiary/aromatic N) is 6. The molecule has 168 valence electrons. The fraction of sp³-hybridized carbons (Fsp3) is 0.455. The number of anilines is 2. The molecule has 9 nitrogen and oxygen atoms in total. The highest BCUT2D eigenvalue weighted by atomic mass is 32.2. The molecular formula is C22H27N7O2S. The van der Waals surface area contributed by atoms with Crippen molar-refractivity contribution in [3.05, 3.63) is 36.2 Å². The highest BCUT2D eigenvalue weighted by molar-refractivity contribution is 7.98. The number of hydrogen-bond acceptors (Lipinski definition) is 10. The third-order valence-electron chi connectivity index (χ3n) is 5.66. The lowest BCUT2D eigenvalue weighted by Gasteiger charge is -2.31. The molecule has 0 spiro atoms. The Morgan fingerprint density at radius 2 is 1.75 bits per heavy atom. The molecule has 0 unspecified atom stereocenters. The molecule has 0 aliphatic carbocycles. The lowest BCUT2D eigenvalue weighted by atomic mass is 10.2. The summed E-state index contributed by atoms with van der Waals surface area (Å²) in [4.78, 5) is 23.6. The minimum atomic E-state index is 0.693. The molecule has 0 atom stereocenters. The van der Waals surface area contributed by atoms with Gasteiger partial charge in [0.25, 0.3) is 0 Å². The molecule has 5 rings (SSSR count). The lowest BCUT2D eigenvalue weighted by Crippen LogP contribution is -2.44. The van der Waals surface area contributed by atoms with E-state index in [1.54, 1.807) is 25.2 Å². The molecule has 0 radical (unpaired) electrons. The minimum absolute atomic E-state index is 0.693. The molecular weight excluding hydrogens is 426 g/mol. The fourth-order valence-electron chi connectivity index (χ4n) is 3.88. The number of ether oxygens (including phenoxy) is 2. The van der Waals surface area contributed by atoms with Gasteiger partial charge in [-0.15, -0.1) is 0 Å². The van der Waals surface area contributed by atoms with Crippen LogP contribution in [0.4, 0.5) is 11.8 Å². The predicted molar refractivity (Wildman–Crippen MR) is 126 cm³/mol. The Morgan fingerprint density at radius 1 is 0.969 bits per heavy atom. The van der Waals surface area contributed by atoms with E-state index in [1.165, 1.54) is 5.56 Å². The second-order valence-electron chi connectivity index (χ2n) is 7.70. The van der Waals surface area contributed by atoms with Crippen LogP contribution in [0.1, 0.15) is 5.56 Å². The molecule has 1 N–H and O–H groups in total. The molecule has 0 saturated carbocycles. The van der Waals surface area contributed by atoms with Gasteiger partial charge in [0.15, 0.2) is 5.82 Å². The van der Waals surface area contributed by atoms with E-state index in [0.717, 1.165) is 78.6 Å². The van der Waals surface area contributed by atoms with Crippen molar-refractivity contribution < 1.29 is 9.47 Å². The van der Waals surface area contributed by atoms with E-state index in [9.17, 15) is 0 Å². The third kappa shape index (κ3) is 4.57. The number of morpholine rings is 1. The van der Waals surface area contributed by atoms with E-state index in [2.05, 4.69) is 37.2 Å². The fourth-order valence-corrected chi connectivity index (χ4v) is 4.78. The van der Waals surface area contributed by atoms with Gasteiger partial charge in [-0.05, 0) is 17.7 Å². The number of fused-ring (bicyclic) bond motifs is 1. The van der Waals surface area contributed by atoms with Crippen molar-refractivity contribution in [2.75, 3.05) is 69.4 Å². The highest BCUT2D eigenvalue weighted by Gasteiger charge is 2.23. The minimum Gasteiger partial charge on any atom is -0.497 e. The number of nitrogens with one attached hydrogen (secondary N) is 1. The molecule has 2 aromatic heterocycles. The summed E-state index contributed by atoms with van der Waals surface area (Å²) in [7, 11) is 1.68. The second-order valence-corrected chi connectivity index (χ2v) is 8.66. The quantitative estimate of drug-likeness (QED) is 0.441. The number of hydrogen-bond donors (Lipinski definition) is 1. The van der Waals surface area contributed by atoms with Gasteiger partial charge >= 0.3 is 0 Å². The predicted octanol–water partition coefficient (Wildman–Crippen LogP) is 1.97. The summed E-state index contributed by atoms with van der Waals surface area (Å²) in [6.45, 7) is 6.61. The van der Waals surface area contributed by atoms with Crippen LogP contribution in [-0.4, -0.2) is 79.5 Å². The number of methoxy groups -OCH3 is 1. The summed E-state index contributed by atoms with van der Waals surface area (Å²) in [6, 6.07) is 8.12. The normalized spacial score (nSPS) is 17.0. The first-order valence-electron chi connectivity index (χ1n) is 10.9. The van der Waals surface area contributed by atoms with Crippen LogP contribution in [0.5, 0.6) is 5.75 Å². The van der Waals surface area contributed by atoms with Gasteiger partial charge in [-0.3, -0.25) is 0 Å². The summed E-state index contributed by atoms with van der Waals surface area (Å²) >= 11 is 1.67. The average Bonchev–Trinajstić information content (AvgIpc) is 2.88. The zero-order valence-corrected chi connectivity index (χ0v) is 19.0. The van der Waals surface area contributed by atoms with Crippen LogP contribution >= 0.6 is 11.8 Å². The first-order valence-corrected chi connectivity index (χ1v) is 11.9. The highest BCUT2D eigenvalue weighted by Crippen LogP contribution is 2.32. The summed E-state index contributed by atoms with van der Waals surface area (Å²) < 4.78 is 10.8. The van der Waals surface area contributed by atoms with Gasteiger partial charge in [0.1, 0.15) is 28.1 Å². The molecule has 1 aromatic carbocycles. The summed E-state index contributed by atoms with van der Waals surface area (Å²) in [6.07, 6.45) is 1.62. The van der Waals surface area contributed by atoms with Crippen LogP contribution in [-0.2, 0) is 10.5 Å². The van der Waals surface area contributed by atoms with Crippen LogP contribution in [0.25, 0.3) is 11.0 Å². The van der Waals surface area contributed by atoms with Gasteiger partial charge in [0.2, 0.25) is 5.95 Å². The standard InChI is InChI=1S/C22H27N7O2S/c1-30-17-4-2-16(3-5-17)14-32-21-19-18(24-15-25-21)20(28-10-12-31-13-11-28)27-22(26-19)29-8-6-23-7-9-29/h2-5,15,23H,6-14H2,1H3. The van der Waals surface area contributed by atoms with Gasteiger partial charge in [-0.1, -0.05) is 23.9 Å². The Balaban J connectivity index is 1.50. The van der Waals surface area contributed by atoms with E-state index in [-0.39, 0.29) is 0 Å². The maximum atomic E-state index is 5.56. The molecule has 2 saturated heterocycles. The van der Waals surface area contributed by atoms with E-state index in [4.69, 9.17) is 19.4 Å². The molecule has 10 heteroatoms. The second kappa shape index (κ2) is 9.85. The van der Waals surface area contributed by atoms with E-state index < -0.39 is 0 Å². The van der Waals surface area contributed by atoms with Crippen molar-refractivity contribution in [3.63, 3.8) is 0 Å². The van der Waals surface area contributed by atoms with Crippen molar-refractivity contribution in [2.45, 2.75) is 10.8 Å². The van der Waals surface area contributed by atoms with E-state index in [1.807, 2.05) is 12.1 Å². The largest absolute Gasteiger partial charge is 0.497 e. The first kappa shape index (κ1) is 21.2. The maximum Gasteiger partial charge on any atom is 0.228 e. The van der Waals surface area contributed by atoms with Crippen molar-refractivity contribution in [2.24, 2.45) is 0 Å². The van der Waals surface area contributed by atoms with Crippen molar-refractivity contribution in [1.29, 1.82) is 0 Å². The van der Waals surface area contributed by atoms with Crippen molar-refractivity contribution in [3.8, 4) is 5.75 Å². The van der Waals surface area contributed by atoms with Crippen molar-refractivity contribution >= 4 is 34.6 Å². The van der Waals surface area contributed by atoms with Gasteiger partial charge < -0.3 is 24.6 Å². The topological polar surface area (TPSA) is 88.5 Å². The molecule has 0 amide bonds. The van der Waals surface area contributed by atoms with Crippen LogP contribution in [0, 0.1) is 0 Å². The molecule has 32 heavy (non-hydrogen) atoms. The average molecular weight is 454 g/mol. The van der Waals surface area contributed by atoms with Crippen LogP contribution in [0.3, 0.4) is 0 Å². The third-order valence-corrected chi connectivity index (χ3v) is 6.71. The van der Waals surface area contributed by atoms with Crippen LogP contribution < -0.4 is 19.9 Å². The van der Waals surface area contributed by atoms with Crippen LogP contribution in [0.2, 0.25) is 0 Å². The SMILES string of the molecule is COc1ccc(CSc2ncnc3c(N4CCOCC4)nc(N4CCNCC4)nc23)cc1. The number of rotatable bonds is 6. The molecule has 2 fully saturated rings. The zero-order valence-electron chi connectivity index (χ0n) is 18.2. The zero-order chi connectivity index (χ0) is 21.8. The van der Waals surface area contributed by atoms with Crippen LogP contribution in [0.15, 0.2) is 35.6 Å². The molecule has 2 aliphatic rings. The first-order chi connectivity index (χ1) is 15.8. The summed E-state index contributed by atoms with van der Waals surface area (Å²) in [5, 5.41) is 4.27. The molecule has 3 aromatic rings. The Bertz CT molecular complexity index is 1050. The smallest absolute Gasteiger partial charge is 0.228 e. The van der Waals surface area contributed by atoms with Gasteiger partial charge in [-0.2, -0.15) is 4.98 Å². The Morgan fingerprint density at radius 3 is 2.50 bits per heavy atom. The summed E-state index contributed by atoms with van der Waals surface area (Å²) in [5.74, 6) is 3.27. The molecule has 4 heterocycles. The van der Waals surface area contributed by atoms with Gasteiger partial charge in [0.05, 0.1) is 20.3 Å². The Labute approximate surface area is 191 Å². The van der Waals surface area contributed by atoms with E-state index >= 15 is 0 Å². The van der Waals surface area contributed by atoms with Gasteiger partial charge in [0, 0.05) is 45.0 Å². The molecule has 0 bridgehead atoms. The maximum absolute atomic E-state index is 5.56. The monoisotopic (exact) mass is 453 g/mol. The number of benzene rings is 1. The number of aromatic nitrogens is 4. The number of thioether (sulfide) groups is 1. The Hall–Kier alpha value is -2.69.